The molecule has 7 heteroatoms. The monoisotopic (exact) mass is 294 g/mol. The van der Waals surface area contributed by atoms with E-state index in [9.17, 15) is 0 Å². The third kappa shape index (κ3) is 3.64. The number of nitrogens with zero attached hydrogens (tertiary/aromatic N) is 2. The number of hydrogen-bond acceptors (Lipinski definition) is 6. The van der Waals surface area contributed by atoms with Crippen molar-refractivity contribution in [1.82, 2.24) is 15.2 Å². The number of methoxy groups -OCH3 is 2. The standard InChI is InChI=1S/C13H18N4O2S/c1-18-10-4-3-9(7-11(10)19-2)8-12-15-13(17-16-12)20-6-5-14/h3-4,7H,5-6,8,14H2,1-2H3,(H,15,16,17). The van der Waals surface area contributed by atoms with Crippen molar-refractivity contribution in [3.8, 4) is 11.5 Å². The number of benzene rings is 1. The summed E-state index contributed by atoms with van der Waals surface area (Å²) in [6.07, 6.45) is 0.663. The Kier molecular flexibility index (Phi) is 5.25. The SMILES string of the molecule is COc1ccc(Cc2nc(SCCN)n[nH]2)cc1OC. The van der Waals surface area contributed by atoms with Gasteiger partial charge in [-0.2, -0.15) is 0 Å². The van der Waals surface area contributed by atoms with Crippen molar-refractivity contribution in [3.63, 3.8) is 0 Å². The second-order valence-corrected chi connectivity index (χ2v) is 5.13. The predicted molar refractivity (Wildman–Crippen MR) is 78.5 cm³/mol. The van der Waals surface area contributed by atoms with Crippen LogP contribution in [0.1, 0.15) is 11.4 Å². The topological polar surface area (TPSA) is 86.0 Å². The van der Waals surface area contributed by atoms with Crippen LogP contribution in [0.4, 0.5) is 0 Å². The van der Waals surface area contributed by atoms with E-state index < -0.39 is 0 Å². The van der Waals surface area contributed by atoms with Crippen molar-refractivity contribution in [3.05, 3.63) is 29.6 Å². The molecular weight excluding hydrogens is 276 g/mol. The van der Waals surface area contributed by atoms with Crippen molar-refractivity contribution < 1.29 is 9.47 Å². The van der Waals surface area contributed by atoms with E-state index in [-0.39, 0.29) is 0 Å². The normalized spacial score (nSPS) is 10.6. The Hall–Kier alpha value is -1.73. The predicted octanol–water partition coefficient (Wildman–Crippen LogP) is 1.46. The van der Waals surface area contributed by atoms with E-state index in [2.05, 4.69) is 15.2 Å². The minimum atomic E-state index is 0.615. The van der Waals surface area contributed by atoms with E-state index in [0.717, 1.165) is 22.3 Å². The Morgan fingerprint density at radius 3 is 2.75 bits per heavy atom. The molecule has 0 unspecified atom stereocenters. The van der Waals surface area contributed by atoms with Crippen LogP contribution >= 0.6 is 11.8 Å². The van der Waals surface area contributed by atoms with Gasteiger partial charge in [-0.15, -0.1) is 5.10 Å². The van der Waals surface area contributed by atoms with E-state index in [1.54, 1.807) is 26.0 Å². The summed E-state index contributed by atoms with van der Waals surface area (Å²) in [4.78, 5) is 4.41. The number of aromatic nitrogens is 3. The first-order chi connectivity index (χ1) is 9.76. The minimum Gasteiger partial charge on any atom is -0.493 e. The Morgan fingerprint density at radius 2 is 2.05 bits per heavy atom. The number of ether oxygens (including phenoxy) is 2. The largest absolute Gasteiger partial charge is 0.493 e. The number of H-pyrrole nitrogens is 1. The van der Waals surface area contributed by atoms with Gasteiger partial charge in [-0.3, -0.25) is 5.10 Å². The highest BCUT2D eigenvalue weighted by Gasteiger charge is 2.08. The molecule has 2 aromatic rings. The van der Waals surface area contributed by atoms with Gasteiger partial charge >= 0.3 is 0 Å². The fraction of sp³-hybridized carbons (Fsp3) is 0.385. The maximum atomic E-state index is 5.45. The minimum absolute atomic E-state index is 0.615. The maximum Gasteiger partial charge on any atom is 0.208 e. The fourth-order valence-corrected chi connectivity index (χ4v) is 2.34. The number of aromatic amines is 1. The van der Waals surface area contributed by atoms with Crippen molar-refractivity contribution in [2.45, 2.75) is 11.6 Å². The van der Waals surface area contributed by atoms with Gasteiger partial charge in [0.25, 0.3) is 0 Å². The Balaban J connectivity index is 2.07. The van der Waals surface area contributed by atoms with Crippen LogP contribution in [0.3, 0.4) is 0 Å². The van der Waals surface area contributed by atoms with Crippen LogP contribution in [-0.2, 0) is 6.42 Å². The average Bonchev–Trinajstić information content (AvgIpc) is 2.92. The Labute approximate surface area is 122 Å². The molecular formula is C13H18N4O2S. The number of hydrogen-bond donors (Lipinski definition) is 2. The zero-order valence-electron chi connectivity index (χ0n) is 11.5. The van der Waals surface area contributed by atoms with Crippen LogP contribution in [0, 0.1) is 0 Å². The van der Waals surface area contributed by atoms with Gasteiger partial charge in [-0.05, 0) is 17.7 Å². The summed E-state index contributed by atoms with van der Waals surface area (Å²) in [5, 5.41) is 7.80. The van der Waals surface area contributed by atoms with E-state index in [4.69, 9.17) is 15.2 Å². The second kappa shape index (κ2) is 7.16. The molecule has 3 N–H and O–H groups in total. The molecule has 0 aliphatic heterocycles. The van der Waals surface area contributed by atoms with Crippen molar-refractivity contribution in [2.24, 2.45) is 5.73 Å². The van der Waals surface area contributed by atoms with Crippen LogP contribution in [0.15, 0.2) is 23.4 Å². The van der Waals surface area contributed by atoms with Crippen molar-refractivity contribution in [1.29, 1.82) is 0 Å². The lowest BCUT2D eigenvalue weighted by atomic mass is 10.1. The summed E-state index contributed by atoms with van der Waals surface area (Å²) in [6, 6.07) is 5.80. The first-order valence-corrected chi connectivity index (χ1v) is 7.20. The van der Waals surface area contributed by atoms with E-state index in [1.807, 2.05) is 18.2 Å². The molecule has 6 nitrogen and oxygen atoms in total. The molecule has 0 spiro atoms. The lowest BCUT2D eigenvalue weighted by Crippen LogP contribution is -2.01. The van der Waals surface area contributed by atoms with Crippen LogP contribution < -0.4 is 15.2 Å². The van der Waals surface area contributed by atoms with Gasteiger partial charge in [0.2, 0.25) is 5.16 Å². The second-order valence-electron chi connectivity index (χ2n) is 4.07. The summed E-state index contributed by atoms with van der Waals surface area (Å²) in [5.41, 5.74) is 6.53. The highest BCUT2D eigenvalue weighted by molar-refractivity contribution is 7.99. The maximum absolute atomic E-state index is 5.45. The average molecular weight is 294 g/mol. The molecule has 0 saturated heterocycles. The van der Waals surface area contributed by atoms with Crippen molar-refractivity contribution >= 4 is 11.8 Å². The van der Waals surface area contributed by atoms with E-state index in [0.29, 0.717) is 24.5 Å². The molecule has 20 heavy (non-hydrogen) atoms. The molecule has 0 radical (unpaired) electrons. The molecule has 0 fully saturated rings. The first-order valence-electron chi connectivity index (χ1n) is 6.22. The lowest BCUT2D eigenvalue weighted by molar-refractivity contribution is 0.354. The number of rotatable bonds is 7. The molecule has 1 aromatic heterocycles. The van der Waals surface area contributed by atoms with Crippen LogP contribution in [0.25, 0.3) is 0 Å². The summed E-state index contributed by atoms with van der Waals surface area (Å²) >= 11 is 1.54. The van der Waals surface area contributed by atoms with Gasteiger partial charge < -0.3 is 15.2 Å². The zero-order valence-corrected chi connectivity index (χ0v) is 12.4. The number of thioether (sulfide) groups is 1. The molecule has 0 bridgehead atoms. The van der Waals surface area contributed by atoms with Crippen LogP contribution in [0.5, 0.6) is 11.5 Å². The molecule has 1 aromatic carbocycles. The van der Waals surface area contributed by atoms with E-state index >= 15 is 0 Å². The molecule has 0 aliphatic rings. The summed E-state index contributed by atoms with van der Waals surface area (Å²) in [6.45, 7) is 0.615. The van der Waals surface area contributed by atoms with Crippen LogP contribution in [-0.4, -0.2) is 41.7 Å². The van der Waals surface area contributed by atoms with Gasteiger partial charge in [-0.25, -0.2) is 4.98 Å². The van der Waals surface area contributed by atoms with Gasteiger partial charge in [0.05, 0.1) is 14.2 Å². The first kappa shape index (κ1) is 14.7. The van der Waals surface area contributed by atoms with Gasteiger partial charge in [0.15, 0.2) is 11.5 Å². The Bertz CT molecular complexity index is 559. The molecule has 2 rings (SSSR count). The molecule has 108 valence electrons. The quantitative estimate of drug-likeness (QED) is 0.752. The van der Waals surface area contributed by atoms with Gasteiger partial charge in [-0.1, -0.05) is 17.8 Å². The lowest BCUT2D eigenvalue weighted by Gasteiger charge is -2.08. The molecule has 0 amide bonds. The summed E-state index contributed by atoms with van der Waals surface area (Å²) in [7, 11) is 3.24. The summed E-state index contributed by atoms with van der Waals surface area (Å²) < 4.78 is 10.5. The summed E-state index contributed by atoms with van der Waals surface area (Å²) in [5.74, 6) is 3.06. The number of nitrogens with two attached hydrogens (primary N) is 1. The fourth-order valence-electron chi connectivity index (χ4n) is 1.76. The molecule has 0 aliphatic carbocycles. The third-order valence-corrected chi connectivity index (χ3v) is 3.56. The Morgan fingerprint density at radius 1 is 1.25 bits per heavy atom. The molecule has 1 heterocycles. The van der Waals surface area contributed by atoms with Gasteiger partial charge in [0, 0.05) is 18.7 Å². The third-order valence-electron chi connectivity index (χ3n) is 2.68. The number of nitrogens with one attached hydrogen (secondary N) is 1. The molecule has 0 atom stereocenters. The zero-order chi connectivity index (χ0) is 14.4. The smallest absolute Gasteiger partial charge is 0.208 e. The van der Waals surface area contributed by atoms with E-state index in [1.165, 1.54) is 0 Å². The highest BCUT2D eigenvalue weighted by atomic mass is 32.2. The van der Waals surface area contributed by atoms with Gasteiger partial charge in [0.1, 0.15) is 5.82 Å². The van der Waals surface area contributed by atoms with Crippen LogP contribution in [0.2, 0.25) is 0 Å². The highest BCUT2D eigenvalue weighted by Crippen LogP contribution is 2.28. The van der Waals surface area contributed by atoms with Crippen molar-refractivity contribution in [2.75, 3.05) is 26.5 Å². The molecule has 0 saturated carbocycles.